The van der Waals surface area contributed by atoms with Crippen LogP contribution in [-0.2, 0) is 23.7 Å². The Bertz CT molecular complexity index is 653. The van der Waals surface area contributed by atoms with Crippen LogP contribution in [0.25, 0.3) is 0 Å². The minimum absolute atomic E-state index is 0.634. The average molecular weight is 504 g/mol. The van der Waals surface area contributed by atoms with E-state index >= 15 is 0 Å². The molecule has 11 N–H and O–H groups in total. The lowest BCUT2D eigenvalue weighted by molar-refractivity contribution is -0.388. The number of ether oxygens (including phenoxy) is 5. The Kier molecular flexibility index (Phi) is 9.18. The molecule has 16 nitrogen and oxygen atoms in total. The molecule has 0 aromatic carbocycles. The SMILES string of the molecule is OC[C@@H]1O[C@@](CO)(O[C@@H]2O[C@H](CO[C@@H]3O[C@@H](CO)[C@@H](O)[C@H](O)[C@@H]3O)[C@H](O)[C@H](O)[C@@H]2O)[C@H](O)[C@@H]1O. The van der Waals surface area contributed by atoms with Crippen molar-refractivity contribution in [1.29, 1.82) is 0 Å². The summed E-state index contributed by atoms with van der Waals surface area (Å²) in [6, 6.07) is 0. The summed E-state index contributed by atoms with van der Waals surface area (Å²) in [6.07, 6.45) is -21.8. The van der Waals surface area contributed by atoms with Gasteiger partial charge in [-0.15, -0.1) is 0 Å². The third-order valence-corrected chi connectivity index (χ3v) is 6.16. The molecule has 200 valence electrons. The molecule has 0 spiro atoms. The largest absolute Gasteiger partial charge is 0.394 e. The van der Waals surface area contributed by atoms with E-state index in [0.29, 0.717) is 0 Å². The minimum Gasteiger partial charge on any atom is -0.394 e. The Hall–Kier alpha value is -0.640. The van der Waals surface area contributed by atoms with Crippen molar-refractivity contribution in [1.82, 2.24) is 0 Å². The Morgan fingerprint density at radius 3 is 1.65 bits per heavy atom. The molecule has 0 aromatic rings. The Labute approximate surface area is 192 Å². The van der Waals surface area contributed by atoms with Crippen LogP contribution < -0.4 is 0 Å². The van der Waals surface area contributed by atoms with Gasteiger partial charge in [0.25, 0.3) is 0 Å². The van der Waals surface area contributed by atoms with Gasteiger partial charge in [-0.2, -0.15) is 0 Å². The van der Waals surface area contributed by atoms with E-state index in [1.807, 2.05) is 0 Å². The molecule has 0 amide bonds. The molecule has 0 aromatic heterocycles. The second-order valence-corrected chi connectivity index (χ2v) is 8.41. The first kappa shape index (κ1) is 27.9. The van der Waals surface area contributed by atoms with Gasteiger partial charge >= 0.3 is 0 Å². The van der Waals surface area contributed by atoms with E-state index in [-0.39, 0.29) is 0 Å². The van der Waals surface area contributed by atoms with Crippen LogP contribution in [0.3, 0.4) is 0 Å². The molecule has 0 bridgehead atoms. The van der Waals surface area contributed by atoms with Gasteiger partial charge in [-0.25, -0.2) is 0 Å². The van der Waals surface area contributed by atoms with Crippen molar-refractivity contribution < 1.29 is 79.9 Å². The van der Waals surface area contributed by atoms with Gasteiger partial charge in [-0.3, -0.25) is 0 Å². The topological polar surface area (TPSA) is 269 Å². The summed E-state index contributed by atoms with van der Waals surface area (Å²) in [6.45, 7) is -3.14. The zero-order valence-electron chi connectivity index (χ0n) is 17.8. The molecule has 3 saturated heterocycles. The molecule has 3 fully saturated rings. The van der Waals surface area contributed by atoms with Gasteiger partial charge in [0.15, 0.2) is 12.6 Å². The van der Waals surface area contributed by atoms with Gasteiger partial charge in [0.2, 0.25) is 5.79 Å². The predicted molar refractivity (Wildman–Crippen MR) is 101 cm³/mol. The Morgan fingerprint density at radius 2 is 1.12 bits per heavy atom. The zero-order valence-corrected chi connectivity index (χ0v) is 17.8. The van der Waals surface area contributed by atoms with Crippen LogP contribution in [0.15, 0.2) is 0 Å². The van der Waals surface area contributed by atoms with E-state index in [0.717, 1.165) is 0 Å². The van der Waals surface area contributed by atoms with E-state index in [2.05, 4.69) is 0 Å². The highest BCUT2D eigenvalue weighted by atomic mass is 16.8. The molecule has 3 aliphatic heterocycles. The summed E-state index contributed by atoms with van der Waals surface area (Å²) in [5.41, 5.74) is 0. The van der Waals surface area contributed by atoms with Crippen molar-refractivity contribution in [2.45, 2.75) is 85.5 Å². The first-order chi connectivity index (χ1) is 16.0. The molecule has 3 aliphatic rings. The average Bonchev–Trinajstić information content (AvgIpc) is 3.08. The van der Waals surface area contributed by atoms with E-state index in [1.54, 1.807) is 0 Å². The van der Waals surface area contributed by atoms with E-state index < -0.39 is 112 Å². The van der Waals surface area contributed by atoms with E-state index in [9.17, 15) is 56.2 Å². The number of aliphatic hydroxyl groups excluding tert-OH is 11. The number of hydrogen-bond donors (Lipinski definition) is 11. The van der Waals surface area contributed by atoms with Crippen LogP contribution in [0.4, 0.5) is 0 Å². The highest BCUT2D eigenvalue weighted by molar-refractivity contribution is 4.98. The fourth-order valence-corrected chi connectivity index (χ4v) is 4.01. The monoisotopic (exact) mass is 504 g/mol. The maximum absolute atomic E-state index is 10.3. The summed E-state index contributed by atoms with van der Waals surface area (Å²) in [7, 11) is 0. The fraction of sp³-hybridized carbons (Fsp3) is 1.00. The zero-order chi connectivity index (χ0) is 25.4. The lowest BCUT2D eigenvalue weighted by Crippen LogP contribution is -2.63. The number of hydrogen-bond acceptors (Lipinski definition) is 16. The molecule has 0 radical (unpaired) electrons. The van der Waals surface area contributed by atoms with E-state index in [1.165, 1.54) is 0 Å². The van der Waals surface area contributed by atoms with Crippen molar-refractivity contribution in [3.8, 4) is 0 Å². The molecule has 0 saturated carbocycles. The predicted octanol–water partition coefficient (Wildman–Crippen LogP) is -7.57. The number of rotatable bonds is 8. The van der Waals surface area contributed by atoms with Crippen molar-refractivity contribution in [2.24, 2.45) is 0 Å². The molecular weight excluding hydrogens is 472 g/mol. The maximum Gasteiger partial charge on any atom is 0.224 e. The van der Waals surface area contributed by atoms with Crippen LogP contribution in [0.5, 0.6) is 0 Å². The van der Waals surface area contributed by atoms with Crippen molar-refractivity contribution in [2.75, 3.05) is 26.4 Å². The van der Waals surface area contributed by atoms with Crippen LogP contribution in [0, 0.1) is 0 Å². The normalized spacial score (nSPS) is 52.1. The smallest absolute Gasteiger partial charge is 0.224 e. The van der Waals surface area contributed by atoms with Crippen LogP contribution in [-0.4, -0.2) is 168 Å². The fourth-order valence-electron chi connectivity index (χ4n) is 4.01. The molecule has 0 aliphatic carbocycles. The summed E-state index contributed by atoms with van der Waals surface area (Å²) in [5, 5.41) is 109. The van der Waals surface area contributed by atoms with Crippen LogP contribution in [0.1, 0.15) is 0 Å². The second kappa shape index (κ2) is 11.2. The third kappa shape index (κ3) is 5.09. The lowest BCUT2D eigenvalue weighted by atomic mass is 9.98. The summed E-state index contributed by atoms with van der Waals surface area (Å²) < 4.78 is 26.4. The van der Waals surface area contributed by atoms with Gasteiger partial charge in [-0.1, -0.05) is 0 Å². The van der Waals surface area contributed by atoms with Crippen molar-refractivity contribution in [3.05, 3.63) is 0 Å². The molecule has 3 rings (SSSR count). The summed E-state index contributed by atoms with van der Waals surface area (Å²) >= 11 is 0. The molecule has 14 atom stereocenters. The molecule has 0 unspecified atom stereocenters. The first-order valence-electron chi connectivity index (χ1n) is 10.6. The Morgan fingerprint density at radius 1 is 0.588 bits per heavy atom. The quantitative estimate of drug-likeness (QED) is 0.146. The van der Waals surface area contributed by atoms with Gasteiger partial charge in [0.1, 0.15) is 73.8 Å². The van der Waals surface area contributed by atoms with Gasteiger partial charge in [0.05, 0.1) is 19.8 Å². The van der Waals surface area contributed by atoms with Crippen molar-refractivity contribution in [3.63, 3.8) is 0 Å². The Balaban J connectivity index is 1.69. The highest BCUT2D eigenvalue weighted by Gasteiger charge is 2.58. The molecule has 34 heavy (non-hydrogen) atoms. The lowest BCUT2D eigenvalue weighted by Gasteiger charge is -2.44. The maximum atomic E-state index is 10.3. The minimum atomic E-state index is -2.36. The first-order valence-corrected chi connectivity index (χ1v) is 10.6. The number of aliphatic hydroxyl groups is 11. The standard InChI is InChI=1S/C18H32O16/c19-1-5-8(22)11(25)13(27)16(31-5)30-3-7-9(23)12(26)14(28)17(32-7)34-18(4-21)15(29)10(24)6(2-20)33-18/h5-17,19-29H,1-4H2/t5-,6-,7+,8+,9-,10+,11-,12-,13-,14-,15+,16+,17-,18-/m0/s1. The third-order valence-electron chi connectivity index (χ3n) is 6.16. The van der Waals surface area contributed by atoms with Gasteiger partial charge in [-0.05, 0) is 0 Å². The second-order valence-electron chi connectivity index (χ2n) is 8.41. The molecular formula is C18H32O16. The van der Waals surface area contributed by atoms with Gasteiger partial charge in [0, 0.05) is 0 Å². The van der Waals surface area contributed by atoms with Crippen LogP contribution >= 0.6 is 0 Å². The van der Waals surface area contributed by atoms with Crippen LogP contribution in [0.2, 0.25) is 0 Å². The molecule has 16 heteroatoms. The summed E-state index contributed by atoms with van der Waals surface area (Å²) in [4.78, 5) is 0. The summed E-state index contributed by atoms with van der Waals surface area (Å²) in [5.74, 6) is -2.36. The van der Waals surface area contributed by atoms with Crippen molar-refractivity contribution >= 4 is 0 Å². The van der Waals surface area contributed by atoms with Gasteiger partial charge < -0.3 is 79.9 Å². The molecule has 3 heterocycles. The van der Waals surface area contributed by atoms with E-state index in [4.69, 9.17) is 23.7 Å². The highest BCUT2D eigenvalue weighted by Crippen LogP contribution is 2.36.